The van der Waals surface area contributed by atoms with E-state index in [0.29, 0.717) is 12.0 Å². The van der Waals surface area contributed by atoms with Gasteiger partial charge in [-0.2, -0.15) is 0 Å². The molecule has 2 rings (SSSR count). The van der Waals surface area contributed by atoms with E-state index in [2.05, 4.69) is 46.3 Å². The van der Waals surface area contributed by atoms with Gasteiger partial charge in [-0.3, -0.25) is 0 Å². The van der Waals surface area contributed by atoms with Crippen molar-refractivity contribution >= 4 is 15.9 Å². The van der Waals surface area contributed by atoms with E-state index in [-0.39, 0.29) is 0 Å². The fourth-order valence-corrected chi connectivity index (χ4v) is 2.63. The van der Waals surface area contributed by atoms with E-state index in [0.717, 1.165) is 10.9 Å². The first-order valence-corrected chi connectivity index (χ1v) is 7.09. The maximum atomic E-state index is 5.90. The van der Waals surface area contributed by atoms with Crippen LogP contribution in [0.3, 0.4) is 0 Å². The molecule has 1 aliphatic rings. The Hall–Kier alpha value is -0.760. The van der Waals surface area contributed by atoms with Gasteiger partial charge in [-0.05, 0) is 31.7 Å². The largest absolute Gasteiger partial charge is 0.497 e. The van der Waals surface area contributed by atoms with Crippen molar-refractivity contribution in [3.63, 3.8) is 0 Å². The lowest BCUT2D eigenvalue weighted by molar-refractivity contribution is 0.0843. The van der Waals surface area contributed by atoms with E-state index < -0.39 is 0 Å². The topological polar surface area (TPSA) is 9.23 Å². The number of halogens is 1. The number of rotatable bonds is 3. The summed E-state index contributed by atoms with van der Waals surface area (Å²) in [6, 6.07) is 10.7. The fraction of sp³-hybridized carbons (Fsp3) is 0.467. The maximum Gasteiger partial charge on any atom is 0.105 e. The fourth-order valence-electron chi connectivity index (χ4n) is 2.52. The molecule has 1 aromatic carbocycles. The lowest BCUT2D eigenvalue weighted by Crippen LogP contribution is -2.24. The van der Waals surface area contributed by atoms with Crippen molar-refractivity contribution in [3.05, 3.63) is 46.6 Å². The zero-order valence-electron chi connectivity index (χ0n) is 10.2. The van der Waals surface area contributed by atoms with Gasteiger partial charge in [0.1, 0.15) is 6.10 Å². The summed E-state index contributed by atoms with van der Waals surface area (Å²) in [6.07, 6.45) is 7.17. The molecular weight excluding hydrogens is 276 g/mol. The van der Waals surface area contributed by atoms with Crippen molar-refractivity contribution in [1.82, 2.24) is 0 Å². The predicted octanol–water partition coefficient (Wildman–Crippen LogP) is 4.99. The number of allylic oxidation sites excluding steroid dienone is 1. The molecule has 0 spiro atoms. The van der Waals surface area contributed by atoms with Crippen molar-refractivity contribution in [2.75, 3.05) is 0 Å². The van der Waals surface area contributed by atoms with Gasteiger partial charge in [-0.15, -0.1) is 0 Å². The van der Waals surface area contributed by atoms with Crippen LogP contribution in [0.5, 0.6) is 0 Å². The third kappa shape index (κ3) is 3.60. The third-order valence-corrected chi connectivity index (χ3v) is 3.52. The van der Waals surface area contributed by atoms with Crippen molar-refractivity contribution in [2.45, 2.75) is 44.6 Å². The van der Waals surface area contributed by atoms with Crippen molar-refractivity contribution in [1.29, 1.82) is 0 Å². The highest BCUT2D eigenvalue weighted by atomic mass is 79.9. The van der Waals surface area contributed by atoms with Crippen LogP contribution in [0.4, 0.5) is 0 Å². The second-order valence-electron chi connectivity index (χ2n) is 4.68. The molecule has 0 unspecified atom stereocenters. The van der Waals surface area contributed by atoms with Crippen molar-refractivity contribution < 1.29 is 4.74 Å². The van der Waals surface area contributed by atoms with Gasteiger partial charge in [-0.1, -0.05) is 52.7 Å². The van der Waals surface area contributed by atoms with Crippen LogP contribution in [-0.2, 0) is 4.74 Å². The summed E-state index contributed by atoms with van der Waals surface area (Å²) in [4.78, 5) is 0. The van der Waals surface area contributed by atoms with E-state index in [1.807, 2.05) is 13.2 Å². The summed E-state index contributed by atoms with van der Waals surface area (Å²) in [6.45, 7) is 2.00. The van der Waals surface area contributed by atoms with Crippen LogP contribution >= 0.6 is 15.9 Å². The first kappa shape index (κ1) is 12.7. The Morgan fingerprint density at radius 2 is 1.94 bits per heavy atom. The van der Waals surface area contributed by atoms with Crippen LogP contribution in [0, 0.1) is 0 Å². The molecule has 0 aliphatic heterocycles. The second kappa shape index (κ2) is 6.25. The van der Waals surface area contributed by atoms with Gasteiger partial charge in [0, 0.05) is 10.4 Å². The molecule has 0 heterocycles. The molecule has 92 valence electrons. The van der Waals surface area contributed by atoms with Gasteiger partial charge in [0.05, 0.1) is 6.26 Å². The number of benzene rings is 1. The highest BCUT2D eigenvalue weighted by Crippen LogP contribution is 2.35. The summed E-state index contributed by atoms with van der Waals surface area (Å²) >= 11 is 3.41. The molecule has 0 bridgehead atoms. The number of hydrogen-bond acceptors (Lipinski definition) is 1. The normalized spacial score (nSPS) is 25.6. The second-order valence-corrected chi connectivity index (χ2v) is 5.93. The zero-order chi connectivity index (χ0) is 12.1. The SMILES string of the molecule is C/C(Br)=C\O[C@@H]1CCCC[C@H]1c1ccccc1. The number of ether oxygens (including phenoxy) is 1. The van der Waals surface area contributed by atoms with Crippen molar-refractivity contribution in [2.24, 2.45) is 0 Å². The molecule has 2 heteroatoms. The first-order valence-electron chi connectivity index (χ1n) is 6.30. The maximum absolute atomic E-state index is 5.90. The molecule has 1 saturated carbocycles. The van der Waals surface area contributed by atoms with Crippen LogP contribution in [0.2, 0.25) is 0 Å². The summed E-state index contributed by atoms with van der Waals surface area (Å²) < 4.78 is 6.95. The Morgan fingerprint density at radius 1 is 1.24 bits per heavy atom. The van der Waals surface area contributed by atoms with E-state index in [1.54, 1.807) is 0 Å². The smallest absolute Gasteiger partial charge is 0.105 e. The van der Waals surface area contributed by atoms with Gasteiger partial charge in [0.2, 0.25) is 0 Å². The molecule has 1 nitrogen and oxygen atoms in total. The molecule has 2 atom stereocenters. The Balaban J connectivity index is 2.10. The zero-order valence-corrected chi connectivity index (χ0v) is 11.8. The highest BCUT2D eigenvalue weighted by molar-refractivity contribution is 9.11. The van der Waals surface area contributed by atoms with E-state index in [4.69, 9.17) is 4.74 Å². The quantitative estimate of drug-likeness (QED) is 0.714. The monoisotopic (exact) mass is 294 g/mol. The molecular formula is C15H19BrO. The minimum absolute atomic E-state index is 0.332. The van der Waals surface area contributed by atoms with E-state index in [1.165, 1.54) is 24.8 Å². The first-order chi connectivity index (χ1) is 8.27. The molecule has 0 N–H and O–H groups in total. The third-order valence-electron chi connectivity index (χ3n) is 3.34. The summed E-state index contributed by atoms with van der Waals surface area (Å²) in [7, 11) is 0. The highest BCUT2D eigenvalue weighted by Gasteiger charge is 2.27. The lowest BCUT2D eigenvalue weighted by atomic mass is 9.81. The Kier molecular flexibility index (Phi) is 4.66. The summed E-state index contributed by atoms with van der Waals surface area (Å²) in [5.41, 5.74) is 1.41. The average molecular weight is 295 g/mol. The van der Waals surface area contributed by atoms with Crippen LogP contribution in [0.15, 0.2) is 41.1 Å². The molecule has 1 fully saturated rings. The summed E-state index contributed by atoms with van der Waals surface area (Å²) in [5.74, 6) is 0.549. The average Bonchev–Trinajstić information content (AvgIpc) is 2.38. The number of hydrogen-bond donors (Lipinski definition) is 0. The Morgan fingerprint density at radius 3 is 2.65 bits per heavy atom. The molecule has 1 aliphatic carbocycles. The Bertz CT molecular complexity index is 368. The molecule has 0 amide bonds. The summed E-state index contributed by atoms with van der Waals surface area (Å²) in [5, 5.41) is 0. The van der Waals surface area contributed by atoms with Crippen LogP contribution < -0.4 is 0 Å². The predicted molar refractivity (Wildman–Crippen MR) is 75.2 cm³/mol. The molecule has 0 saturated heterocycles. The molecule has 1 aromatic rings. The standard InChI is InChI=1S/C15H19BrO/c1-12(16)11-17-15-10-6-5-9-14(15)13-7-3-2-4-8-13/h2-4,7-8,11,14-15H,5-6,9-10H2,1H3/b12-11+/t14-,15+/m0/s1. The Labute approximate surface area is 112 Å². The molecule has 0 aromatic heterocycles. The van der Waals surface area contributed by atoms with Crippen LogP contribution in [0.1, 0.15) is 44.1 Å². The minimum atomic E-state index is 0.332. The lowest BCUT2D eigenvalue weighted by Gasteiger charge is -2.31. The van der Waals surface area contributed by atoms with Gasteiger partial charge in [-0.25, -0.2) is 0 Å². The van der Waals surface area contributed by atoms with Crippen LogP contribution in [0.25, 0.3) is 0 Å². The van der Waals surface area contributed by atoms with Gasteiger partial charge in [0.15, 0.2) is 0 Å². The van der Waals surface area contributed by atoms with Gasteiger partial charge < -0.3 is 4.74 Å². The van der Waals surface area contributed by atoms with Gasteiger partial charge in [0.25, 0.3) is 0 Å². The molecule has 0 radical (unpaired) electrons. The van der Waals surface area contributed by atoms with Crippen LogP contribution in [-0.4, -0.2) is 6.10 Å². The van der Waals surface area contributed by atoms with E-state index in [9.17, 15) is 0 Å². The van der Waals surface area contributed by atoms with Crippen molar-refractivity contribution in [3.8, 4) is 0 Å². The minimum Gasteiger partial charge on any atom is -0.497 e. The molecule has 17 heavy (non-hydrogen) atoms. The van der Waals surface area contributed by atoms with Gasteiger partial charge >= 0.3 is 0 Å². The van der Waals surface area contributed by atoms with E-state index >= 15 is 0 Å².